The summed E-state index contributed by atoms with van der Waals surface area (Å²) in [6.45, 7) is 1.59. The second-order valence-electron chi connectivity index (χ2n) is 4.47. The maximum Gasteiger partial charge on any atom is 0.333 e. The molecule has 0 aliphatic carbocycles. The van der Waals surface area contributed by atoms with Crippen molar-refractivity contribution in [3.63, 3.8) is 0 Å². The van der Waals surface area contributed by atoms with E-state index in [1.165, 1.54) is 12.1 Å². The summed E-state index contributed by atoms with van der Waals surface area (Å²) in [4.78, 5) is 11.6. The first-order chi connectivity index (χ1) is 9.02. The minimum Gasteiger partial charge on any atom is -0.508 e. The molecule has 1 atom stereocenters. The summed E-state index contributed by atoms with van der Waals surface area (Å²) in [5, 5.41) is 21.8. The van der Waals surface area contributed by atoms with Crippen LogP contribution in [0.4, 0.5) is 5.69 Å². The molecule has 4 nitrogen and oxygen atoms in total. The molecule has 0 fully saturated rings. The monoisotopic (exact) mass is 257 g/mol. The average molecular weight is 257 g/mol. The smallest absolute Gasteiger partial charge is 0.333 e. The van der Waals surface area contributed by atoms with E-state index in [1.54, 1.807) is 19.1 Å². The molecule has 0 heterocycles. The molecule has 0 saturated heterocycles. The van der Waals surface area contributed by atoms with Crippen molar-refractivity contribution < 1.29 is 15.0 Å². The van der Waals surface area contributed by atoms with E-state index in [2.05, 4.69) is 5.32 Å². The molecule has 98 valence electrons. The first-order valence-corrected chi connectivity index (χ1v) is 5.88. The van der Waals surface area contributed by atoms with Crippen molar-refractivity contribution in [2.24, 2.45) is 0 Å². The van der Waals surface area contributed by atoms with E-state index >= 15 is 0 Å². The van der Waals surface area contributed by atoms with Gasteiger partial charge in [0.15, 0.2) is 5.54 Å². The van der Waals surface area contributed by atoms with Crippen LogP contribution in [0.2, 0.25) is 0 Å². The van der Waals surface area contributed by atoms with Gasteiger partial charge in [0.25, 0.3) is 0 Å². The fourth-order valence-corrected chi connectivity index (χ4v) is 1.85. The first-order valence-electron chi connectivity index (χ1n) is 5.88. The van der Waals surface area contributed by atoms with Gasteiger partial charge in [-0.2, -0.15) is 0 Å². The standard InChI is InChI=1S/C15H15NO3/c1-15(14(18)19,11-7-9-13(17)10-8-11)16-12-5-3-2-4-6-12/h2-10,16-17H,1H3,(H,18,19). The number of benzene rings is 2. The van der Waals surface area contributed by atoms with E-state index in [0.29, 0.717) is 5.56 Å². The van der Waals surface area contributed by atoms with Gasteiger partial charge in [0.2, 0.25) is 0 Å². The molecular weight excluding hydrogens is 242 g/mol. The lowest BCUT2D eigenvalue weighted by Gasteiger charge is -2.28. The Hall–Kier alpha value is -2.49. The molecule has 0 amide bonds. The first kappa shape index (κ1) is 13.0. The third kappa shape index (κ3) is 2.68. The van der Waals surface area contributed by atoms with Gasteiger partial charge < -0.3 is 15.5 Å². The maximum atomic E-state index is 11.6. The summed E-state index contributed by atoms with van der Waals surface area (Å²) < 4.78 is 0. The third-order valence-corrected chi connectivity index (χ3v) is 3.04. The largest absolute Gasteiger partial charge is 0.508 e. The predicted octanol–water partition coefficient (Wildman–Crippen LogP) is 2.80. The molecule has 3 N–H and O–H groups in total. The molecule has 0 saturated carbocycles. The van der Waals surface area contributed by atoms with Crippen LogP contribution in [-0.4, -0.2) is 16.2 Å². The Balaban J connectivity index is 2.38. The lowest BCUT2D eigenvalue weighted by molar-refractivity contribution is -0.142. The van der Waals surface area contributed by atoms with E-state index in [-0.39, 0.29) is 5.75 Å². The van der Waals surface area contributed by atoms with Crippen molar-refractivity contribution in [1.82, 2.24) is 0 Å². The van der Waals surface area contributed by atoms with Crippen LogP contribution in [0.3, 0.4) is 0 Å². The number of aliphatic carboxylic acids is 1. The van der Waals surface area contributed by atoms with Gasteiger partial charge in [0.05, 0.1) is 0 Å². The van der Waals surface area contributed by atoms with E-state index < -0.39 is 11.5 Å². The van der Waals surface area contributed by atoms with Gasteiger partial charge in [-0.3, -0.25) is 0 Å². The number of carbonyl (C=O) groups is 1. The van der Waals surface area contributed by atoms with Crippen LogP contribution < -0.4 is 5.32 Å². The number of carboxylic acid groups (broad SMARTS) is 1. The minimum absolute atomic E-state index is 0.108. The molecule has 0 aliphatic heterocycles. The number of para-hydroxylation sites is 1. The molecule has 2 aromatic carbocycles. The summed E-state index contributed by atoms with van der Waals surface area (Å²) in [5.41, 5.74) is 0.0387. The Morgan fingerprint density at radius 3 is 2.16 bits per heavy atom. The lowest BCUT2D eigenvalue weighted by Crippen LogP contribution is -2.40. The van der Waals surface area contributed by atoms with Gasteiger partial charge >= 0.3 is 5.97 Å². The van der Waals surface area contributed by atoms with Gasteiger partial charge in [-0.1, -0.05) is 30.3 Å². The van der Waals surface area contributed by atoms with Gasteiger partial charge in [-0.05, 0) is 36.8 Å². The summed E-state index contributed by atoms with van der Waals surface area (Å²) in [6.07, 6.45) is 0. The highest BCUT2D eigenvalue weighted by molar-refractivity contribution is 5.84. The van der Waals surface area contributed by atoms with Crippen LogP contribution in [0, 0.1) is 0 Å². The Kier molecular flexibility index (Phi) is 3.42. The van der Waals surface area contributed by atoms with Crippen molar-refractivity contribution in [2.75, 3.05) is 5.32 Å². The molecule has 0 bridgehead atoms. The Morgan fingerprint density at radius 1 is 1.05 bits per heavy atom. The number of anilines is 1. The number of phenols is 1. The summed E-state index contributed by atoms with van der Waals surface area (Å²) in [5.74, 6) is -0.877. The summed E-state index contributed by atoms with van der Waals surface area (Å²) in [6, 6.07) is 15.3. The molecule has 2 aromatic rings. The number of aromatic hydroxyl groups is 1. The van der Waals surface area contributed by atoms with Gasteiger partial charge in [-0.15, -0.1) is 0 Å². The van der Waals surface area contributed by atoms with Gasteiger partial charge in [0.1, 0.15) is 5.75 Å². The van der Waals surface area contributed by atoms with E-state index in [4.69, 9.17) is 0 Å². The molecule has 2 rings (SSSR count). The third-order valence-electron chi connectivity index (χ3n) is 3.04. The van der Waals surface area contributed by atoms with E-state index in [1.807, 2.05) is 30.3 Å². The normalized spacial score (nSPS) is 13.5. The molecule has 0 radical (unpaired) electrons. The predicted molar refractivity (Wildman–Crippen MR) is 73.2 cm³/mol. The van der Waals surface area contributed by atoms with Crippen molar-refractivity contribution in [2.45, 2.75) is 12.5 Å². The average Bonchev–Trinajstić information content (AvgIpc) is 2.40. The zero-order valence-corrected chi connectivity index (χ0v) is 10.5. The lowest BCUT2D eigenvalue weighted by atomic mass is 9.91. The number of hydrogen-bond acceptors (Lipinski definition) is 3. The van der Waals surface area contributed by atoms with Crippen molar-refractivity contribution in [3.05, 3.63) is 60.2 Å². The number of nitrogens with one attached hydrogen (secondary N) is 1. The minimum atomic E-state index is -1.25. The Bertz CT molecular complexity index is 566. The second-order valence-corrected chi connectivity index (χ2v) is 4.47. The molecule has 0 aromatic heterocycles. The van der Waals surface area contributed by atoms with Crippen LogP contribution >= 0.6 is 0 Å². The van der Waals surface area contributed by atoms with Crippen LogP contribution in [-0.2, 0) is 10.3 Å². The summed E-state index contributed by atoms with van der Waals surface area (Å²) >= 11 is 0. The van der Waals surface area contributed by atoms with Crippen molar-refractivity contribution in [3.8, 4) is 5.75 Å². The molecule has 4 heteroatoms. The van der Waals surface area contributed by atoms with Crippen molar-refractivity contribution >= 4 is 11.7 Å². The highest BCUT2D eigenvalue weighted by Gasteiger charge is 2.35. The zero-order valence-electron chi connectivity index (χ0n) is 10.5. The number of carboxylic acids is 1. The fraction of sp³-hybridized carbons (Fsp3) is 0.133. The Labute approximate surface area is 111 Å². The van der Waals surface area contributed by atoms with Crippen LogP contribution in [0.1, 0.15) is 12.5 Å². The fourth-order valence-electron chi connectivity index (χ4n) is 1.85. The quantitative estimate of drug-likeness (QED) is 0.787. The Morgan fingerprint density at radius 2 is 1.63 bits per heavy atom. The maximum absolute atomic E-state index is 11.6. The van der Waals surface area contributed by atoms with Gasteiger partial charge in [-0.25, -0.2) is 4.79 Å². The van der Waals surface area contributed by atoms with Crippen LogP contribution in [0.5, 0.6) is 5.75 Å². The van der Waals surface area contributed by atoms with Crippen LogP contribution in [0.15, 0.2) is 54.6 Å². The van der Waals surface area contributed by atoms with Crippen molar-refractivity contribution in [1.29, 1.82) is 0 Å². The number of rotatable bonds is 4. The van der Waals surface area contributed by atoms with E-state index in [0.717, 1.165) is 5.69 Å². The highest BCUT2D eigenvalue weighted by atomic mass is 16.4. The molecule has 0 spiro atoms. The number of phenolic OH excluding ortho intramolecular Hbond substituents is 1. The zero-order chi connectivity index (χ0) is 13.9. The molecule has 19 heavy (non-hydrogen) atoms. The van der Waals surface area contributed by atoms with Gasteiger partial charge in [0, 0.05) is 5.69 Å². The highest BCUT2D eigenvalue weighted by Crippen LogP contribution is 2.27. The molecule has 0 aliphatic rings. The molecule has 1 unspecified atom stereocenters. The van der Waals surface area contributed by atoms with Crippen LogP contribution in [0.25, 0.3) is 0 Å². The SMILES string of the molecule is CC(Nc1ccccc1)(C(=O)O)c1ccc(O)cc1. The number of hydrogen-bond donors (Lipinski definition) is 3. The topological polar surface area (TPSA) is 69.6 Å². The second kappa shape index (κ2) is 5.02. The summed E-state index contributed by atoms with van der Waals surface area (Å²) in [7, 11) is 0. The van der Waals surface area contributed by atoms with E-state index in [9.17, 15) is 15.0 Å². The molecular formula is C15H15NO3.